The van der Waals surface area contributed by atoms with Gasteiger partial charge < -0.3 is 15.5 Å². The van der Waals surface area contributed by atoms with Gasteiger partial charge in [-0.25, -0.2) is 8.42 Å². The van der Waals surface area contributed by atoms with Crippen LogP contribution in [-0.4, -0.2) is 60.3 Å². The van der Waals surface area contributed by atoms with Crippen molar-refractivity contribution in [1.82, 2.24) is 9.62 Å². The fourth-order valence-corrected chi connectivity index (χ4v) is 6.15. The number of carbonyl (C=O) groups excluding carboxylic acids is 1. The molecule has 38 heavy (non-hydrogen) atoms. The molecule has 3 aromatic carbocycles. The molecule has 0 saturated heterocycles. The van der Waals surface area contributed by atoms with Gasteiger partial charge in [0.05, 0.1) is 23.5 Å². The number of aromatic hydroxyl groups is 1. The Balaban J connectivity index is 1.83. The molecule has 0 fully saturated rings. The number of carbonyl (C=O) groups is 1. The molecule has 1 amide bonds. The lowest BCUT2D eigenvalue weighted by Crippen LogP contribution is -2.51. The second kappa shape index (κ2) is 13.8. The number of thioether (sulfide) groups is 1. The van der Waals surface area contributed by atoms with Crippen molar-refractivity contribution in [2.75, 3.05) is 19.3 Å². The van der Waals surface area contributed by atoms with Crippen molar-refractivity contribution in [2.45, 2.75) is 48.6 Å². The molecular weight excluding hydrogens is 520 g/mol. The number of benzene rings is 3. The van der Waals surface area contributed by atoms with Crippen molar-refractivity contribution < 1.29 is 23.4 Å². The fraction of sp³-hybridized carbons (Fsp3) is 0.345. The summed E-state index contributed by atoms with van der Waals surface area (Å²) >= 11 is 1.53. The normalized spacial score (nSPS) is 13.4. The van der Waals surface area contributed by atoms with E-state index < -0.39 is 22.2 Å². The number of amides is 1. The molecule has 0 aromatic heterocycles. The number of aliphatic hydroxyl groups is 1. The molecule has 0 heterocycles. The average molecular weight is 557 g/mol. The molecule has 3 rings (SSSR count). The Kier molecular flexibility index (Phi) is 10.8. The van der Waals surface area contributed by atoms with Crippen LogP contribution in [0.4, 0.5) is 0 Å². The number of nitrogens with zero attached hydrogens (tertiary/aromatic N) is 1. The van der Waals surface area contributed by atoms with E-state index in [0.717, 1.165) is 10.5 Å². The number of sulfonamides is 1. The molecule has 0 aliphatic heterocycles. The second-order valence-corrected chi connectivity index (χ2v) is 12.5. The maximum Gasteiger partial charge on any atom is 0.243 e. The zero-order valence-electron chi connectivity index (χ0n) is 21.9. The van der Waals surface area contributed by atoms with Crippen LogP contribution >= 0.6 is 11.8 Å². The maximum absolute atomic E-state index is 13.6. The number of phenolic OH excluding ortho intramolecular Hbond substituents is 1. The molecule has 0 bridgehead atoms. The number of rotatable bonds is 13. The van der Waals surface area contributed by atoms with Crippen LogP contribution in [0.3, 0.4) is 0 Å². The van der Waals surface area contributed by atoms with E-state index in [-0.39, 0.29) is 42.0 Å². The van der Waals surface area contributed by atoms with Crippen LogP contribution in [0.5, 0.6) is 5.75 Å². The molecule has 3 N–H and O–H groups in total. The Hall–Kier alpha value is -2.85. The smallest absolute Gasteiger partial charge is 0.243 e. The summed E-state index contributed by atoms with van der Waals surface area (Å²) in [5.74, 6) is -0.165. The summed E-state index contributed by atoms with van der Waals surface area (Å²) < 4.78 is 28.5. The summed E-state index contributed by atoms with van der Waals surface area (Å²) in [5.41, 5.74) is 1.62. The van der Waals surface area contributed by atoms with Gasteiger partial charge in [-0.15, -0.1) is 11.8 Å². The van der Waals surface area contributed by atoms with E-state index in [1.807, 2.05) is 50.4 Å². The molecule has 0 aliphatic carbocycles. The van der Waals surface area contributed by atoms with Crippen LogP contribution in [0, 0.1) is 5.92 Å². The van der Waals surface area contributed by atoms with Crippen molar-refractivity contribution in [3.63, 3.8) is 0 Å². The van der Waals surface area contributed by atoms with E-state index in [1.165, 1.54) is 28.2 Å². The van der Waals surface area contributed by atoms with E-state index in [1.54, 1.807) is 36.4 Å². The van der Waals surface area contributed by atoms with Crippen LogP contribution in [0.1, 0.15) is 25.0 Å². The van der Waals surface area contributed by atoms with E-state index in [0.29, 0.717) is 12.0 Å². The lowest BCUT2D eigenvalue weighted by molar-refractivity contribution is -0.122. The van der Waals surface area contributed by atoms with Gasteiger partial charge in [0.1, 0.15) is 5.75 Å². The number of nitrogens with one attached hydrogen (secondary N) is 1. The standard InChI is InChI=1S/C29H36N2O5S2/c1-21(2)19-31(38(35,36)26-15-13-25(37-3)14-16-26)20-28(33)27(17-22-7-5-4-6-8-22)30-29(34)18-23-9-11-24(32)12-10-23/h4-16,21,27-28,32-33H,17-20H2,1-3H3,(H,30,34)/t27-,28+/m0/s1. The summed E-state index contributed by atoms with van der Waals surface area (Å²) in [6.07, 6.45) is 1.17. The SMILES string of the molecule is CSc1ccc(S(=O)(=O)N(CC(C)C)C[C@@H](O)[C@H](Cc2ccccc2)NC(=O)Cc2ccc(O)cc2)cc1. The molecule has 0 saturated carbocycles. The van der Waals surface area contributed by atoms with Crippen molar-refractivity contribution >= 4 is 27.7 Å². The highest BCUT2D eigenvalue weighted by Gasteiger charge is 2.31. The minimum atomic E-state index is -3.88. The molecule has 0 radical (unpaired) electrons. The fourth-order valence-electron chi connectivity index (χ4n) is 4.12. The highest BCUT2D eigenvalue weighted by Crippen LogP contribution is 2.22. The van der Waals surface area contributed by atoms with Gasteiger partial charge in [0.25, 0.3) is 0 Å². The monoisotopic (exact) mass is 556 g/mol. The zero-order chi connectivity index (χ0) is 27.7. The van der Waals surface area contributed by atoms with Crippen molar-refractivity contribution in [3.05, 3.63) is 90.0 Å². The Morgan fingerprint density at radius 2 is 1.55 bits per heavy atom. The lowest BCUT2D eigenvalue weighted by Gasteiger charge is -2.31. The summed E-state index contributed by atoms with van der Waals surface area (Å²) in [7, 11) is -3.88. The van der Waals surface area contributed by atoms with Gasteiger partial charge in [-0.05, 0) is 66.1 Å². The Morgan fingerprint density at radius 3 is 2.13 bits per heavy atom. The number of hydrogen-bond donors (Lipinski definition) is 3. The lowest BCUT2D eigenvalue weighted by atomic mass is 10.00. The van der Waals surface area contributed by atoms with Gasteiger partial charge in [0.2, 0.25) is 15.9 Å². The molecule has 0 spiro atoms. The Labute approximate surface area is 230 Å². The highest BCUT2D eigenvalue weighted by molar-refractivity contribution is 7.98. The largest absolute Gasteiger partial charge is 0.508 e. The maximum atomic E-state index is 13.6. The van der Waals surface area contributed by atoms with Crippen LogP contribution in [0.15, 0.2) is 88.7 Å². The first-order chi connectivity index (χ1) is 18.1. The average Bonchev–Trinajstić information content (AvgIpc) is 2.89. The topological polar surface area (TPSA) is 107 Å². The van der Waals surface area contributed by atoms with Gasteiger partial charge in [-0.3, -0.25) is 4.79 Å². The van der Waals surface area contributed by atoms with Crippen molar-refractivity contribution in [3.8, 4) is 5.75 Å². The van der Waals surface area contributed by atoms with Gasteiger partial charge in [-0.1, -0.05) is 56.3 Å². The van der Waals surface area contributed by atoms with Gasteiger partial charge in [0.15, 0.2) is 0 Å². The zero-order valence-corrected chi connectivity index (χ0v) is 23.6. The predicted octanol–water partition coefficient (Wildman–Crippen LogP) is 4.09. The van der Waals surface area contributed by atoms with Crippen molar-refractivity contribution in [1.29, 1.82) is 0 Å². The number of aliphatic hydroxyl groups excluding tert-OH is 1. The summed E-state index contributed by atoms with van der Waals surface area (Å²) in [6, 6.07) is 21.8. The van der Waals surface area contributed by atoms with Gasteiger partial charge in [0, 0.05) is 18.0 Å². The van der Waals surface area contributed by atoms with Gasteiger partial charge >= 0.3 is 0 Å². The molecule has 3 aromatic rings. The predicted molar refractivity (Wildman–Crippen MR) is 152 cm³/mol. The van der Waals surface area contributed by atoms with E-state index in [2.05, 4.69) is 5.32 Å². The molecule has 9 heteroatoms. The minimum Gasteiger partial charge on any atom is -0.508 e. The van der Waals surface area contributed by atoms with E-state index in [9.17, 15) is 23.4 Å². The Bertz CT molecular complexity index is 1260. The van der Waals surface area contributed by atoms with Crippen LogP contribution < -0.4 is 5.32 Å². The van der Waals surface area contributed by atoms with Crippen molar-refractivity contribution in [2.24, 2.45) is 5.92 Å². The molecule has 204 valence electrons. The molecule has 2 atom stereocenters. The minimum absolute atomic E-state index is 0.0270. The van der Waals surface area contributed by atoms with Crippen LogP contribution in [-0.2, 0) is 27.7 Å². The first-order valence-corrected chi connectivity index (χ1v) is 15.2. The second-order valence-electron chi connectivity index (χ2n) is 9.67. The highest BCUT2D eigenvalue weighted by atomic mass is 32.2. The summed E-state index contributed by atoms with van der Waals surface area (Å²) in [6.45, 7) is 3.91. The first kappa shape index (κ1) is 29.7. The molecule has 0 unspecified atom stereocenters. The Morgan fingerprint density at radius 1 is 0.921 bits per heavy atom. The molecule has 7 nitrogen and oxygen atoms in total. The quantitative estimate of drug-likeness (QED) is 0.274. The van der Waals surface area contributed by atoms with Crippen LogP contribution in [0.2, 0.25) is 0 Å². The van der Waals surface area contributed by atoms with E-state index in [4.69, 9.17) is 0 Å². The van der Waals surface area contributed by atoms with Gasteiger partial charge in [-0.2, -0.15) is 4.31 Å². The summed E-state index contributed by atoms with van der Waals surface area (Å²) in [4.78, 5) is 14.0. The first-order valence-electron chi connectivity index (χ1n) is 12.5. The third-order valence-electron chi connectivity index (χ3n) is 6.07. The number of phenols is 1. The molecular formula is C29H36N2O5S2. The summed E-state index contributed by atoms with van der Waals surface area (Å²) in [5, 5.41) is 23.8. The third-order valence-corrected chi connectivity index (χ3v) is 8.66. The number of hydrogen-bond acceptors (Lipinski definition) is 6. The van der Waals surface area contributed by atoms with E-state index >= 15 is 0 Å². The third kappa shape index (κ3) is 8.59. The molecule has 0 aliphatic rings. The van der Waals surface area contributed by atoms with Crippen LogP contribution in [0.25, 0.3) is 0 Å².